The van der Waals surface area contributed by atoms with Crippen molar-refractivity contribution in [2.24, 2.45) is 0 Å². The van der Waals surface area contributed by atoms with Crippen LogP contribution in [0, 0.1) is 0 Å². The summed E-state index contributed by atoms with van der Waals surface area (Å²) in [6, 6.07) is 7.02. The van der Waals surface area contributed by atoms with Crippen molar-refractivity contribution in [2.45, 2.75) is 23.1 Å². The van der Waals surface area contributed by atoms with E-state index in [0.717, 1.165) is 9.90 Å². The Morgan fingerprint density at radius 2 is 2.25 bits per heavy atom. The van der Waals surface area contributed by atoms with Crippen LogP contribution in [0.4, 0.5) is 0 Å². The average Bonchev–Trinajstić information content (AvgIpc) is 2.93. The van der Waals surface area contributed by atoms with E-state index < -0.39 is 0 Å². The number of para-hydroxylation sites is 1. The summed E-state index contributed by atoms with van der Waals surface area (Å²) in [5.74, 6) is 0.199. The number of hydrogen-bond donors (Lipinski definition) is 1. The van der Waals surface area contributed by atoms with Crippen LogP contribution in [0.15, 0.2) is 34.1 Å². The molecule has 0 saturated heterocycles. The second kappa shape index (κ2) is 6.71. The van der Waals surface area contributed by atoms with Crippen LogP contribution in [0.5, 0.6) is 5.75 Å². The summed E-state index contributed by atoms with van der Waals surface area (Å²) in [6.07, 6.45) is 0. The van der Waals surface area contributed by atoms with Gasteiger partial charge in [-0.2, -0.15) is 0 Å². The zero-order valence-corrected chi connectivity index (χ0v) is 12.8. The molecule has 1 N–H and O–H groups in total. The second-order valence-electron chi connectivity index (χ2n) is 4.29. The van der Waals surface area contributed by atoms with Crippen molar-refractivity contribution < 1.29 is 9.90 Å². The Bertz CT molecular complexity index is 575. The molecule has 5 nitrogen and oxygen atoms in total. The van der Waals surface area contributed by atoms with Gasteiger partial charge in [0.15, 0.2) is 4.34 Å². The molecule has 0 aliphatic carbocycles. The lowest BCUT2D eigenvalue weighted by Gasteiger charge is -2.21. The van der Waals surface area contributed by atoms with Crippen LogP contribution >= 0.6 is 23.1 Å². The molecule has 7 heteroatoms. The predicted molar refractivity (Wildman–Crippen MR) is 79.8 cm³/mol. The van der Waals surface area contributed by atoms with Crippen LogP contribution in [0.25, 0.3) is 0 Å². The predicted octanol–water partition coefficient (Wildman–Crippen LogP) is 2.38. The van der Waals surface area contributed by atoms with Gasteiger partial charge in [-0.1, -0.05) is 41.3 Å². The maximum absolute atomic E-state index is 12.3. The molecule has 0 aliphatic heterocycles. The highest BCUT2D eigenvalue weighted by Crippen LogP contribution is 2.26. The molecule has 106 valence electrons. The number of phenolic OH excluding ortho intramolecular Hbond substituents is 1. The molecule has 1 aromatic carbocycles. The Balaban J connectivity index is 1.96. The molecule has 0 bridgehead atoms. The van der Waals surface area contributed by atoms with E-state index in [4.69, 9.17) is 0 Å². The number of rotatable bonds is 5. The molecule has 20 heavy (non-hydrogen) atoms. The molecular formula is C13H15N3O2S2. The number of aromatic nitrogens is 2. The number of benzene rings is 1. The number of nitrogens with zero attached hydrogens (tertiary/aromatic N) is 3. The number of carbonyl (C=O) groups is 1. The highest BCUT2D eigenvalue weighted by molar-refractivity contribution is 8.02. The third-order valence-corrected chi connectivity index (χ3v) is 4.64. The smallest absolute Gasteiger partial charge is 0.235 e. The summed E-state index contributed by atoms with van der Waals surface area (Å²) < 4.78 is 0.779. The van der Waals surface area contributed by atoms with Gasteiger partial charge in [-0.3, -0.25) is 4.79 Å². The molecule has 1 heterocycles. The van der Waals surface area contributed by atoms with E-state index in [9.17, 15) is 9.90 Å². The molecule has 2 aromatic rings. The minimum Gasteiger partial charge on any atom is -0.508 e. The van der Waals surface area contributed by atoms with Crippen LogP contribution in [-0.4, -0.2) is 38.4 Å². The molecule has 2 rings (SSSR count). The van der Waals surface area contributed by atoms with E-state index in [2.05, 4.69) is 10.2 Å². The molecule has 0 fully saturated rings. The van der Waals surface area contributed by atoms with E-state index in [1.54, 1.807) is 29.6 Å². The largest absolute Gasteiger partial charge is 0.508 e. The fraction of sp³-hybridized carbons (Fsp3) is 0.308. The van der Waals surface area contributed by atoms with Gasteiger partial charge in [0, 0.05) is 19.2 Å². The molecule has 0 saturated carbocycles. The summed E-state index contributed by atoms with van der Waals surface area (Å²) >= 11 is 2.81. The minimum atomic E-state index is -0.237. The molecule has 0 aliphatic rings. The lowest BCUT2D eigenvalue weighted by Crippen LogP contribution is -2.32. The lowest BCUT2D eigenvalue weighted by molar-refractivity contribution is -0.129. The normalized spacial score (nSPS) is 12.1. The number of aromatic hydroxyl groups is 1. The maximum Gasteiger partial charge on any atom is 0.235 e. The first-order valence-corrected chi connectivity index (χ1v) is 7.78. The summed E-state index contributed by atoms with van der Waals surface area (Å²) in [7, 11) is 1.73. The van der Waals surface area contributed by atoms with Crippen molar-refractivity contribution >= 4 is 29.0 Å². The van der Waals surface area contributed by atoms with E-state index in [1.165, 1.54) is 23.1 Å². The van der Waals surface area contributed by atoms with Gasteiger partial charge >= 0.3 is 0 Å². The van der Waals surface area contributed by atoms with Gasteiger partial charge in [-0.05, 0) is 13.0 Å². The summed E-state index contributed by atoms with van der Waals surface area (Å²) in [5, 5.41) is 17.2. The fourth-order valence-corrected chi connectivity index (χ4v) is 3.44. The number of phenols is 1. The zero-order valence-electron chi connectivity index (χ0n) is 11.2. The SMILES string of the molecule is C[C@H](Sc1nncs1)C(=O)N(C)Cc1ccccc1O. The molecule has 0 radical (unpaired) electrons. The van der Waals surface area contributed by atoms with Crippen molar-refractivity contribution in [1.82, 2.24) is 15.1 Å². The van der Waals surface area contributed by atoms with E-state index >= 15 is 0 Å². The van der Waals surface area contributed by atoms with Crippen molar-refractivity contribution in [1.29, 1.82) is 0 Å². The summed E-state index contributed by atoms with van der Waals surface area (Å²) in [6.45, 7) is 2.22. The van der Waals surface area contributed by atoms with E-state index in [0.29, 0.717) is 6.54 Å². The van der Waals surface area contributed by atoms with Crippen LogP contribution in [0.3, 0.4) is 0 Å². The van der Waals surface area contributed by atoms with Gasteiger partial charge in [0.25, 0.3) is 0 Å². The van der Waals surface area contributed by atoms with Crippen LogP contribution in [0.2, 0.25) is 0 Å². The Kier molecular flexibility index (Phi) is 4.97. The molecule has 0 spiro atoms. The van der Waals surface area contributed by atoms with Gasteiger partial charge in [-0.15, -0.1) is 10.2 Å². The first kappa shape index (κ1) is 14.8. The first-order chi connectivity index (χ1) is 9.58. The van der Waals surface area contributed by atoms with Crippen LogP contribution in [0.1, 0.15) is 12.5 Å². The number of hydrogen-bond acceptors (Lipinski definition) is 6. The fourth-order valence-electron chi connectivity index (χ4n) is 1.70. The maximum atomic E-state index is 12.3. The molecule has 1 amide bonds. The monoisotopic (exact) mass is 309 g/mol. The molecule has 1 aromatic heterocycles. The number of amides is 1. The topological polar surface area (TPSA) is 66.3 Å². The van der Waals surface area contributed by atoms with Crippen molar-refractivity contribution in [3.63, 3.8) is 0 Å². The first-order valence-electron chi connectivity index (χ1n) is 6.02. The highest BCUT2D eigenvalue weighted by Gasteiger charge is 2.20. The Hall–Kier alpha value is -1.60. The van der Waals surface area contributed by atoms with E-state index in [-0.39, 0.29) is 16.9 Å². The van der Waals surface area contributed by atoms with Gasteiger partial charge < -0.3 is 10.0 Å². The van der Waals surface area contributed by atoms with Gasteiger partial charge in [0.1, 0.15) is 11.3 Å². The van der Waals surface area contributed by atoms with E-state index in [1.807, 2.05) is 19.1 Å². The minimum absolute atomic E-state index is 0.00606. The zero-order chi connectivity index (χ0) is 14.5. The van der Waals surface area contributed by atoms with Gasteiger partial charge in [0.05, 0.1) is 5.25 Å². The molecular weight excluding hydrogens is 294 g/mol. The Morgan fingerprint density at radius 1 is 1.50 bits per heavy atom. The van der Waals surface area contributed by atoms with Gasteiger partial charge in [0.2, 0.25) is 5.91 Å². The summed E-state index contributed by atoms with van der Waals surface area (Å²) in [4.78, 5) is 13.9. The number of carbonyl (C=O) groups excluding carboxylic acids is 1. The average molecular weight is 309 g/mol. The van der Waals surface area contributed by atoms with Crippen molar-refractivity contribution in [2.75, 3.05) is 7.05 Å². The highest BCUT2D eigenvalue weighted by atomic mass is 32.2. The third-order valence-electron chi connectivity index (χ3n) is 2.74. The lowest BCUT2D eigenvalue weighted by atomic mass is 10.2. The van der Waals surface area contributed by atoms with Crippen molar-refractivity contribution in [3.8, 4) is 5.75 Å². The third kappa shape index (κ3) is 3.71. The molecule has 0 unspecified atom stereocenters. The standard InChI is InChI=1S/C13H15N3O2S2/c1-9(20-13-15-14-8-19-13)12(18)16(2)7-10-5-3-4-6-11(10)17/h3-6,8-9,17H,7H2,1-2H3/t9-/m0/s1. The number of thioether (sulfide) groups is 1. The Morgan fingerprint density at radius 3 is 2.90 bits per heavy atom. The van der Waals surface area contributed by atoms with Crippen molar-refractivity contribution in [3.05, 3.63) is 35.3 Å². The Labute approximate surface area is 125 Å². The molecule has 1 atom stereocenters. The van der Waals surface area contributed by atoms with Gasteiger partial charge in [-0.25, -0.2) is 0 Å². The summed E-state index contributed by atoms with van der Waals surface area (Å²) in [5.41, 5.74) is 2.38. The quantitative estimate of drug-likeness (QED) is 0.859. The second-order valence-corrected chi connectivity index (χ2v) is 6.71. The van der Waals surface area contributed by atoms with Crippen LogP contribution < -0.4 is 0 Å². The van der Waals surface area contributed by atoms with Crippen LogP contribution in [-0.2, 0) is 11.3 Å².